The van der Waals surface area contributed by atoms with E-state index in [1.807, 2.05) is 20.8 Å². The van der Waals surface area contributed by atoms with E-state index in [1.54, 1.807) is 48.5 Å². The van der Waals surface area contributed by atoms with Gasteiger partial charge in [0.25, 0.3) is 0 Å². The molecule has 9 nitrogen and oxygen atoms in total. The van der Waals surface area contributed by atoms with Crippen LogP contribution in [0.5, 0.6) is 0 Å². The molecule has 210 valence electrons. The standard InChI is InChI=1S/C27H32N4O5S2.ClH/c1-5-15-29-26(32)23-19-30(37(33,34)22-13-11-21(12-14-22)27(2,3)4)17-18-31(23)38(35,36)24-10-6-8-20-9-7-16-28-25(20)24;/h5-14,16,23H,1,15,17-19H2,2-4H3,(H,29,32);1H/t23-;/m1./s1. The first kappa shape index (κ1) is 30.7. The number of para-hydroxylation sites is 1. The van der Waals surface area contributed by atoms with Crippen LogP contribution in [0.4, 0.5) is 0 Å². The maximum Gasteiger partial charge on any atom is 0.246 e. The summed E-state index contributed by atoms with van der Waals surface area (Å²) in [5.74, 6) is -0.607. The van der Waals surface area contributed by atoms with Crippen molar-refractivity contribution >= 4 is 49.3 Å². The molecule has 0 aliphatic carbocycles. The molecule has 0 saturated carbocycles. The molecule has 2 aromatic carbocycles. The molecular weight excluding hydrogens is 560 g/mol. The van der Waals surface area contributed by atoms with Crippen LogP contribution in [0.2, 0.25) is 0 Å². The number of halogens is 1. The van der Waals surface area contributed by atoms with E-state index < -0.39 is 32.0 Å². The first-order valence-electron chi connectivity index (χ1n) is 12.2. The van der Waals surface area contributed by atoms with E-state index in [4.69, 9.17) is 0 Å². The Morgan fingerprint density at radius 2 is 1.69 bits per heavy atom. The van der Waals surface area contributed by atoms with Crippen LogP contribution in [0, 0.1) is 0 Å². The van der Waals surface area contributed by atoms with Crippen molar-refractivity contribution < 1.29 is 21.6 Å². The quantitative estimate of drug-likeness (QED) is 0.421. The van der Waals surface area contributed by atoms with E-state index in [-0.39, 0.29) is 59.3 Å². The lowest BCUT2D eigenvalue weighted by molar-refractivity contribution is -0.125. The zero-order chi connectivity index (χ0) is 27.7. The third-order valence-electron chi connectivity index (χ3n) is 6.56. The molecule has 1 atom stereocenters. The highest BCUT2D eigenvalue weighted by Crippen LogP contribution is 2.30. The molecule has 0 radical (unpaired) electrons. The number of pyridine rings is 1. The minimum atomic E-state index is -4.20. The fraction of sp³-hybridized carbons (Fsp3) is 0.333. The summed E-state index contributed by atoms with van der Waals surface area (Å²) in [4.78, 5) is 17.5. The topological polar surface area (TPSA) is 117 Å². The molecule has 0 unspecified atom stereocenters. The number of rotatable bonds is 7. The van der Waals surface area contributed by atoms with Crippen LogP contribution in [0.25, 0.3) is 10.9 Å². The largest absolute Gasteiger partial charge is 0.351 e. The summed E-state index contributed by atoms with van der Waals surface area (Å²) >= 11 is 0. The molecule has 2 heterocycles. The molecule has 1 N–H and O–H groups in total. The predicted octanol–water partition coefficient (Wildman–Crippen LogP) is 3.32. The van der Waals surface area contributed by atoms with Crippen molar-refractivity contribution in [3.8, 4) is 0 Å². The van der Waals surface area contributed by atoms with Crippen molar-refractivity contribution in [1.29, 1.82) is 0 Å². The van der Waals surface area contributed by atoms with Crippen molar-refractivity contribution in [3.63, 3.8) is 0 Å². The number of fused-ring (bicyclic) bond motifs is 1. The minimum absolute atomic E-state index is 0. The first-order valence-corrected chi connectivity index (χ1v) is 15.1. The zero-order valence-electron chi connectivity index (χ0n) is 22.1. The van der Waals surface area contributed by atoms with E-state index in [0.717, 1.165) is 9.87 Å². The Bertz CT molecular complexity index is 1560. The van der Waals surface area contributed by atoms with Crippen molar-refractivity contribution in [3.05, 3.63) is 79.0 Å². The Labute approximate surface area is 236 Å². The summed E-state index contributed by atoms with van der Waals surface area (Å²) in [7, 11) is -8.18. The van der Waals surface area contributed by atoms with Crippen molar-refractivity contribution in [2.75, 3.05) is 26.2 Å². The normalized spacial score (nSPS) is 17.4. The second-order valence-corrected chi connectivity index (χ2v) is 13.9. The number of sulfonamides is 2. The summed E-state index contributed by atoms with van der Waals surface area (Å²) in [6, 6.07) is 13.6. The molecule has 1 aliphatic rings. The Morgan fingerprint density at radius 3 is 2.33 bits per heavy atom. The number of carbonyl (C=O) groups is 1. The molecular formula is C27H33ClN4O5S2. The van der Waals surface area contributed by atoms with Crippen LogP contribution < -0.4 is 5.32 Å². The van der Waals surface area contributed by atoms with Gasteiger partial charge in [0.1, 0.15) is 10.9 Å². The van der Waals surface area contributed by atoms with E-state index >= 15 is 0 Å². The van der Waals surface area contributed by atoms with Gasteiger partial charge >= 0.3 is 0 Å². The van der Waals surface area contributed by atoms with Crippen LogP contribution in [-0.2, 0) is 30.3 Å². The fourth-order valence-corrected chi connectivity index (χ4v) is 7.61. The molecule has 1 fully saturated rings. The van der Waals surface area contributed by atoms with E-state index in [1.165, 1.54) is 22.6 Å². The fourth-order valence-electron chi connectivity index (χ4n) is 4.44. The van der Waals surface area contributed by atoms with Gasteiger partial charge in [-0.1, -0.05) is 57.2 Å². The molecule has 0 spiro atoms. The lowest BCUT2D eigenvalue weighted by atomic mass is 9.87. The number of nitrogens with one attached hydrogen (secondary N) is 1. The lowest BCUT2D eigenvalue weighted by Gasteiger charge is -2.39. The second kappa shape index (κ2) is 11.7. The third kappa shape index (κ3) is 6.17. The van der Waals surface area contributed by atoms with E-state index in [2.05, 4.69) is 16.9 Å². The van der Waals surface area contributed by atoms with Gasteiger partial charge in [-0.15, -0.1) is 19.0 Å². The molecule has 3 aromatic rings. The van der Waals surface area contributed by atoms with Gasteiger partial charge in [-0.05, 0) is 35.2 Å². The smallest absolute Gasteiger partial charge is 0.246 e. The SMILES string of the molecule is C=CCNC(=O)[C@H]1CN(S(=O)(=O)c2ccc(C(C)(C)C)cc2)CCN1S(=O)(=O)c1cccc2cccnc12.Cl. The number of benzene rings is 2. The van der Waals surface area contributed by atoms with Crippen molar-refractivity contribution in [2.24, 2.45) is 0 Å². The molecule has 1 saturated heterocycles. The molecule has 39 heavy (non-hydrogen) atoms. The zero-order valence-corrected chi connectivity index (χ0v) is 24.5. The van der Waals surface area contributed by atoms with Crippen LogP contribution in [0.3, 0.4) is 0 Å². The third-order valence-corrected chi connectivity index (χ3v) is 10.4. The molecule has 0 bridgehead atoms. The van der Waals surface area contributed by atoms with Gasteiger partial charge in [0.2, 0.25) is 26.0 Å². The van der Waals surface area contributed by atoms with Gasteiger partial charge in [-0.25, -0.2) is 16.8 Å². The summed E-state index contributed by atoms with van der Waals surface area (Å²) < 4.78 is 57.0. The number of hydrogen-bond acceptors (Lipinski definition) is 6. The summed E-state index contributed by atoms with van der Waals surface area (Å²) in [5, 5.41) is 3.27. The van der Waals surface area contributed by atoms with Crippen LogP contribution in [-0.4, -0.2) is 68.6 Å². The number of hydrogen-bond donors (Lipinski definition) is 1. The van der Waals surface area contributed by atoms with Gasteiger partial charge in [-0.3, -0.25) is 9.78 Å². The average molecular weight is 593 g/mol. The van der Waals surface area contributed by atoms with Crippen molar-refractivity contribution in [1.82, 2.24) is 18.9 Å². The van der Waals surface area contributed by atoms with E-state index in [0.29, 0.717) is 5.39 Å². The Kier molecular flexibility index (Phi) is 9.24. The van der Waals surface area contributed by atoms with Crippen LogP contribution in [0.15, 0.2) is 83.2 Å². The Morgan fingerprint density at radius 1 is 1.03 bits per heavy atom. The second-order valence-electron chi connectivity index (χ2n) is 10.1. The summed E-state index contributed by atoms with van der Waals surface area (Å²) in [6.45, 7) is 9.17. The van der Waals surface area contributed by atoms with Gasteiger partial charge < -0.3 is 5.32 Å². The number of amides is 1. The Balaban J connectivity index is 0.00000420. The number of aromatic nitrogens is 1. The molecule has 12 heteroatoms. The highest BCUT2D eigenvalue weighted by Gasteiger charge is 2.44. The van der Waals surface area contributed by atoms with Gasteiger partial charge in [-0.2, -0.15) is 8.61 Å². The maximum absolute atomic E-state index is 13.9. The first-order chi connectivity index (χ1) is 17.9. The van der Waals surface area contributed by atoms with Gasteiger partial charge in [0.15, 0.2) is 0 Å². The Hall–Kier alpha value is -2.83. The predicted molar refractivity (Wildman–Crippen MR) is 154 cm³/mol. The maximum atomic E-state index is 13.9. The monoisotopic (exact) mass is 592 g/mol. The number of carbonyl (C=O) groups excluding carboxylic acids is 1. The molecule has 1 aliphatic heterocycles. The highest BCUT2D eigenvalue weighted by molar-refractivity contribution is 7.89. The molecule has 1 amide bonds. The summed E-state index contributed by atoms with van der Waals surface area (Å²) in [5.41, 5.74) is 1.12. The van der Waals surface area contributed by atoms with Crippen LogP contribution >= 0.6 is 12.4 Å². The minimum Gasteiger partial charge on any atom is -0.351 e. The van der Waals surface area contributed by atoms with Crippen molar-refractivity contribution in [2.45, 2.75) is 42.0 Å². The lowest BCUT2D eigenvalue weighted by Crippen LogP contribution is -2.61. The highest BCUT2D eigenvalue weighted by atomic mass is 35.5. The van der Waals surface area contributed by atoms with E-state index in [9.17, 15) is 21.6 Å². The molecule has 4 rings (SSSR count). The van der Waals surface area contributed by atoms with Gasteiger partial charge in [0.05, 0.1) is 10.4 Å². The average Bonchev–Trinajstić information content (AvgIpc) is 2.90. The number of nitrogens with zero attached hydrogens (tertiary/aromatic N) is 3. The number of piperazine rings is 1. The molecule has 1 aromatic heterocycles. The van der Waals surface area contributed by atoms with Crippen LogP contribution in [0.1, 0.15) is 26.3 Å². The summed E-state index contributed by atoms with van der Waals surface area (Å²) in [6.07, 6.45) is 2.98. The van der Waals surface area contributed by atoms with Gasteiger partial charge in [0, 0.05) is 37.8 Å².